The molecular formula is C15H20N2O2. The largest absolute Gasteiger partial charge is 0.493 e. The average molecular weight is 260 g/mol. The van der Waals surface area contributed by atoms with Gasteiger partial charge in [-0.05, 0) is 30.0 Å². The van der Waals surface area contributed by atoms with Crippen LogP contribution >= 0.6 is 0 Å². The van der Waals surface area contributed by atoms with E-state index < -0.39 is 0 Å². The zero-order valence-corrected chi connectivity index (χ0v) is 11.2. The van der Waals surface area contributed by atoms with Crippen molar-refractivity contribution in [2.24, 2.45) is 0 Å². The molecule has 1 N–H and O–H groups in total. The van der Waals surface area contributed by atoms with Gasteiger partial charge in [0.2, 0.25) is 5.91 Å². The molecule has 1 fully saturated rings. The van der Waals surface area contributed by atoms with E-state index in [-0.39, 0.29) is 5.91 Å². The van der Waals surface area contributed by atoms with Gasteiger partial charge in [0, 0.05) is 26.1 Å². The first-order valence-corrected chi connectivity index (χ1v) is 7.06. The molecule has 0 atom stereocenters. The molecule has 2 heterocycles. The van der Waals surface area contributed by atoms with E-state index in [4.69, 9.17) is 4.74 Å². The van der Waals surface area contributed by atoms with Crippen LogP contribution in [0.15, 0.2) is 18.2 Å². The van der Waals surface area contributed by atoms with Crippen LogP contribution in [0, 0.1) is 0 Å². The SMILES string of the molecule is O=C(CNCc1ccc2c(c1)CCO2)N1CCCC1. The van der Waals surface area contributed by atoms with Crippen molar-refractivity contribution in [3.63, 3.8) is 0 Å². The summed E-state index contributed by atoms with van der Waals surface area (Å²) in [6.07, 6.45) is 3.29. The van der Waals surface area contributed by atoms with Crippen molar-refractivity contribution in [3.8, 4) is 5.75 Å². The molecule has 4 heteroatoms. The molecule has 0 saturated carbocycles. The Morgan fingerprint density at radius 1 is 1.32 bits per heavy atom. The number of carbonyl (C=O) groups is 1. The number of benzene rings is 1. The van der Waals surface area contributed by atoms with Gasteiger partial charge in [-0.15, -0.1) is 0 Å². The highest BCUT2D eigenvalue weighted by Crippen LogP contribution is 2.25. The Bertz CT molecular complexity index is 467. The number of likely N-dealkylation sites (tertiary alicyclic amines) is 1. The summed E-state index contributed by atoms with van der Waals surface area (Å²) in [6.45, 7) is 3.83. The third-order valence-electron chi connectivity index (χ3n) is 3.82. The lowest BCUT2D eigenvalue weighted by molar-refractivity contribution is -0.129. The predicted molar refractivity (Wildman–Crippen MR) is 73.2 cm³/mol. The lowest BCUT2D eigenvalue weighted by Crippen LogP contribution is -2.35. The molecular weight excluding hydrogens is 240 g/mol. The fourth-order valence-electron chi connectivity index (χ4n) is 2.74. The number of fused-ring (bicyclic) bond motifs is 1. The fourth-order valence-corrected chi connectivity index (χ4v) is 2.74. The molecule has 0 radical (unpaired) electrons. The molecule has 0 bridgehead atoms. The number of hydrogen-bond acceptors (Lipinski definition) is 3. The van der Waals surface area contributed by atoms with Crippen molar-refractivity contribution in [1.29, 1.82) is 0 Å². The minimum atomic E-state index is 0.224. The number of ether oxygens (including phenoxy) is 1. The van der Waals surface area contributed by atoms with Gasteiger partial charge in [-0.25, -0.2) is 0 Å². The van der Waals surface area contributed by atoms with Crippen LogP contribution in [-0.2, 0) is 17.8 Å². The van der Waals surface area contributed by atoms with Crippen LogP contribution in [0.5, 0.6) is 5.75 Å². The second kappa shape index (κ2) is 5.61. The number of amides is 1. The average Bonchev–Trinajstić information content (AvgIpc) is 3.09. The summed E-state index contributed by atoms with van der Waals surface area (Å²) in [4.78, 5) is 13.8. The van der Waals surface area contributed by atoms with Crippen LogP contribution < -0.4 is 10.1 Å². The van der Waals surface area contributed by atoms with Crippen LogP contribution in [-0.4, -0.2) is 37.0 Å². The Morgan fingerprint density at radius 3 is 3.00 bits per heavy atom. The van der Waals surface area contributed by atoms with E-state index in [1.54, 1.807) is 0 Å². The lowest BCUT2D eigenvalue weighted by atomic mass is 10.1. The summed E-state index contributed by atoms with van der Waals surface area (Å²) in [5, 5.41) is 3.24. The zero-order valence-electron chi connectivity index (χ0n) is 11.2. The fraction of sp³-hybridized carbons (Fsp3) is 0.533. The van der Waals surface area contributed by atoms with Gasteiger partial charge >= 0.3 is 0 Å². The first-order chi connectivity index (χ1) is 9.33. The van der Waals surface area contributed by atoms with Crippen molar-refractivity contribution >= 4 is 5.91 Å². The smallest absolute Gasteiger partial charge is 0.236 e. The standard InChI is InChI=1S/C15H20N2O2/c18-15(17-6-1-2-7-17)11-16-10-12-3-4-14-13(9-12)5-8-19-14/h3-4,9,16H,1-2,5-8,10-11H2. The third-order valence-corrected chi connectivity index (χ3v) is 3.82. The molecule has 1 amide bonds. The van der Waals surface area contributed by atoms with E-state index in [2.05, 4.69) is 17.4 Å². The van der Waals surface area contributed by atoms with Gasteiger partial charge in [-0.3, -0.25) is 4.79 Å². The quantitative estimate of drug-likeness (QED) is 0.888. The number of nitrogens with zero attached hydrogens (tertiary/aromatic N) is 1. The van der Waals surface area contributed by atoms with Crippen LogP contribution in [0.4, 0.5) is 0 Å². The number of rotatable bonds is 4. The minimum Gasteiger partial charge on any atom is -0.493 e. The molecule has 102 valence electrons. The summed E-state index contributed by atoms with van der Waals surface area (Å²) >= 11 is 0. The van der Waals surface area contributed by atoms with E-state index in [0.717, 1.165) is 51.3 Å². The monoisotopic (exact) mass is 260 g/mol. The third kappa shape index (κ3) is 2.89. The summed E-state index contributed by atoms with van der Waals surface area (Å²) in [7, 11) is 0. The van der Waals surface area contributed by atoms with E-state index in [1.165, 1.54) is 11.1 Å². The van der Waals surface area contributed by atoms with Crippen molar-refractivity contribution in [3.05, 3.63) is 29.3 Å². The number of hydrogen-bond donors (Lipinski definition) is 1. The van der Waals surface area contributed by atoms with Crippen molar-refractivity contribution < 1.29 is 9.53 Å². The van der Waals surface area contributed by atoms with E-state index in [9.17, 15) is 4.79 Å². The molecule has 0 aromatic heterocycles. The maximum atomic E-state index is 11.9. The Hall–Kier alpha value is -1.55. The summed E-state index contributed by atoms with van der Waals surface area (Å²) in [5.41, 5.74) is 2.50. The first-order valence-electron chi connectivity index (χ1n) is 7.06. The van der Waals surface area contributed by atoms with Crippen LogP contribution in [0.3, 0.4) is 0 Å². The number of carbonyl (C=O) groups excluding carboxylic acids is 1. The van der Waals surface area contributed by atoms with Gasteiger partial charge in [0.1, 0.15) is 5.75 Å². The Balaban J connectivity index is 1.48. The van der Waals surface area contributed by atoms with Crippen molar-refractivity contribution in [2.45, 2.75) is 25.8 Å². The van der Waals surface area contributed by atoms with Gasteiger partial charge < -0.3 is 15.0 Å². The van der Waals surface area contributed by atoms with E-state index in [1.807, 2.05) is 11.0 Å². The molecule has 0 aliphatic carbocycles. The lowest BCUT2D eigenvalue weighted by Gasteiger charge is -2.15. The van der Waals surface area contributed by atoms with E-state index in [0.29, 0.717) is 6.54 Å². The summed E-state index contributed by atoms with van der Waals surface area (Å²) < 4.78 is 5.48. The van der Waals surface area contributed by atoms with Gasteiger partial charge in [-0.2, -0.15) is 0 Å². The Kier molecular flexibility index (Phi) is 3.69. The van der Waals surface area contributed by atoms with Gasteiger partial charge in [0.05, 0.1) is 13.2 Å². The molecule has 1 saturated heterocycles. The maximum absolute atomic E-state index is 11.9. The Labute approximate surface area is 113 Å². The predicted octanol–water partition coefficient (Wildman–Crippen LogP) is 1.33. The topological polar surface area (TPSA) is 41.6 Å². The molecule has 2 aliphatic rings. The second-order valence-corrected chi connectivity index (χ2v) is 5.23. The highest BCUT2D eigenvalue weighted by molar-refractivity contribution is 5.78. The Morgan fingerprint density at radius 2 is 2.16 bits per heavy atom. The van der Waals surface area contributed by atoms with E-state index >= 15 is 0 Å². The van der Waals surface area contributed by atoms with Crippen molar-refractivity contribution in [2.75, 3.05) is 26.2 Å². The molecule has 3 rings (SSSR count). The minimum absolute atomic E-state index is 0.224. The molecule has 4 nitrogen and oxygen atoms in total. The van der Waals surface area contributed by atoms with Gasteiger partial charge in [0.25, 0.3) is 0 Å². The molecule has 2 aliphatic heterocycles. The zero-order chi connectivity index (χ0) is 13.1. The molecule has 1 aromatic carbocycles. The van der Waals surface area contributed by atoms with Crippen molar-refractivity contribution in [1.82, 2.24) is 10.2 Å². The highest BCUT2D eigenvalue weighted by atomic mass is 16.5. The van der Waals surface area contributed by atoms with Crippen LogP contribution in [0.2, 0.25) is 0 Å². The highest BCUT2D eigenvalue weighted by Gasteiger charge is 2.17. The second-order valence-electron chi connectivity index (χ2n) is 5.23. The summed E-state index contributed by atoms with van der Waals surface area (Å²) in [6, 6.07) is 6.27. The molecule has 0 unspecified atom stereocenters. The van der Waals surface area contributed by atoms with Crippen LogP contribution in [0.25, 0.3) is 0 Å². The van der Waals surface area contributed by atoms with Crippen LogP contribution in [0.1, 0.15) is 24.0 Å². The molecule has 1 aromatic rings. The number of nitrogens with one attached hydrogen (secondary N) is 1. The first kappa shape index (κ1) is 12.5. The molecule has 19 heavy (non-hydrogen) atoms. The maximum Gasteiger partial charge on any atom is 0.236 e. The summed E-state index contributed by atoms with van der Waals surface area (Å²) in [5.74, 6) is 1.24. The van der Waals surface area contributed by atoms with Gasteiger partial charge in [0.15, 0.2) is 0 Å². The normalized spacial score (nSPS) is 17.4. The molecule has 0 spiro atoms. The van der Waals surface area contributed by atoms with Gasteiger partial charge in [-0.1, -0.05) is 12.1 Å².